The highest BCUT2D eigenvalue weighted by molar-refractivity contribution is 5.77. The summed E-state index contributed by atoms with van der Waals surface area (Å²) in [6.07, 6.45) is 4.87. The smallest absolute Gasteiger partial charge is 0.223 e. The van der Waals surface area contributed by atoms with Gasteiger partial charge in [-0.2, -0.15) is 0 Å². The Balaban J connectivity index is 1.40. The van der Waals surface area contributed by atoms with Crippen molar-refractivity contribution in [2.75, 3.05) is 13.1 Å². The van der Waals surface area contributed by atoms with Crippen LogP contribution in [-0.2, 0) is 11.2 Å². The number of hydrogen-bond acceptors (Lipinski definition) is 3. The van der Waals surface area contributed by atoms with Gasteiger partial charge >= 0.3 is 0 Å². The lowest BCUT2D eigenvalue weighted by atomic mass is 10.1. The van der Waals surface area contributed by atoms with Gasteiger partial charge in [0.2, 0.25) is 5.91 Å². The fourth-order valence-corrected chi connectivity index (χ4v) is 2.38. The third-order valence-electron chi connectivity index (χ3n) is 3.62. The van der Waals surface area contributed by atoms with Crippen molar-refractivity contribution < 1.29 is 9.53 Å². The molecular weight excluding hydrogens is 264 g/mol. The number of rotatable bonds is 5. The van der Waals surface area contributed by atoms with Gasteiger partial charge in [-0.3, -0.25) is 9.78 Å². The molecule has 4 nitrogen and oxygen atoms in total. The summed E-state index contributed by atoms with van der Waals surface area (Å²) in [6.45, 7) is 1.35. The highest BCUT2D eigenvalue weighted by Gasteiger charge is 2.31. The minimum atomic E-state index is 0.105. The van der Waals surface area contributed by atoms with Crippen molar-refractivity contribution in [1.82, 2.24) is 9.88 Å². The van der Waals surface area contributed by atoms with Gasteiger partial charge < -0.3 is 9.64 Å². The van der Waals surface area contributed by atoms with E-state index in [1.54, 1.807) is 12.4 Å². The van der Waals surface area contributed by atoms with Gasteiger partial charge in [-0.25, -0.2) is 0 Å². The number of pyridine rings is 1. The second kappa shape index (κ2) is 6.39. The fraction of sp³-hybridized carbons (Fsp3) is 0.294. The lowest BCUT2D eigenvalue weighted by molar-refractivity contribution is -0.139. The molecule has 1 aliphatic heterocycles. The van der Waals surface area contributed by atoms with Gasteiger partial charge in [0.25, 0.3) is 0 Å². The van der Waals surface area contributed by atoms with Gasteiger partial charge in [0.15, 0.2) is 0 Å². The molecule has 2 heterocycles. The van der Waals surface area contributed by atoms with Gasteiger partial charge in [-0.1, -0.05) is 30.3 Å². The molecule has 21 heavy (non-hydrogen) atoms. The van der Waals surface area contributed by atoms with Crippen LogP contribution in [0.3, 0.4) is 0 Å². The normalized spacial score (nSPS) is 14.6. The molecule has 1 aliphatic rings. The molecule has 108 valence electrons. The molecule has 0 unspecified atom stereocenters. The average molecular weight is 282 g/mol. The van der Waals surface area contributed by atoms with Crippen molar-refractivity contribution in [2.45, 2.75) is 18.9 Å². The lowest BCUT2D eigenvalue weighted by Crippen LogP contribution is -2.56. The number of likely N-dealkylation sites (tertiary alicyclic amines) is 1. The zero-order valence-corrected chi connectivity index (χ0v) is 11.8. The van der Waals surface area contributed by atoms with Crippen LogP contribution in [0.1, 0.15) is 12.0 Å². The first-order valence-electron chi connectivity index (χ1n) is 7.19. The SMILES string of the molecule is O=C(CCc1ccccc1)N1CC(Oc2ccncc2)C1. The zero-order valence-electron chi connectivity index (χ0n) is 11.8. The Hall–Kier alpha value is -2.36. The van der Waals surface area contributed by atoms with Crippen LogP contribution in [-0.4, -0.2) is 35.0 Å². The van der Waals surface area contributed by atoms with Gasteiger partial charge in [0.05, 0.1) is 13.1 Å². The van der Waals surface area contributed by atoms with Crippen molar-refractivity contribution in [2.24, 2.45) is 0 Å². The van der Waals surface area contributed by atoms with Crippen LogP contribution in [0.5, 0.6) is 5.75 Å². The fourth-order valence-electron chi connectivity index (χ4n) is 2.38. The molecule has 4 heteroatoms. The summed E-state index contributed by atoms with van der Waals surface area (Å²) in [6, 6.07) is 13.8. The Morgan fingerprint density at radius 1 is 1.14 bits per heavy atom. The monoisotopic (exact) mass is 282 g/mol. The molecule has 1 saturated heterocycles. The van der Waals surface area contributed by atoms with Crippen molar-refractivity contribution in [3.63, 3.8) is 0 Å². The molecule has 0 aliphatic carbocycles. The van der Waals surface area contributed by atoms with Gasteiger partial charge in [0, 0.05) is 18.8 Å². The molecule has 2 aromatic rings. The molecule has 0 saturated carbocycles. The molecule has 1 amide bonds. The Kier molecular flexibility index (Phi) is 4.15. The molecular formula is C17H18N2O2. The van der Waals surface area contributed by atoms with Crippen LogP contribution in [0.25, 0.3) is 0 Å². The first-order valence-corrected chi connectivity index (χ1v) is 7.19. The predicted molar refractivity (Wildman–Crippen MR) is 80.0 cm³/mol. The summed E-state index contributed by atoms with van der Waals surface area (Å²) >= 11 is 0. The number of amides is 1. The van der Waals surface area contributed by atoms with Crippen molar-refractivity contribution >= 4 is 5.91 Å². The standard InChI is InChI=1S/C17H18N2O2/c20-17(7-6-14-4-2-1-3-5-14)19-12-16(13-19)21-15-8-10-18-11-9-15/h1-5,8-11,16H,6-7,12-13H2. The highest BCUT2D eigenvalue weighted by Crippen LogP contribution is 2.18. The number of carbonyl (C=O) groups excluding carboxylic acids is 1. The van der Waals surface area contributed by atoms with Crippen LogP contribution < -0.4 is 4.74 Å². The largest absolute Gasteiger partial charge is 0.487 e. The van der Waals surface area contributed by atoms with Gasteiger partial charge in [-0.15, -0.1) is 0 Å². The Morgan fingerprint density at radius 2 is 1.86 bits per heavy atom. The van der Waals surface area contributed by atoms with Crippen LogP contribution in [0.4, 0.5) is 0 Å². The minimum absolute atomic E-state index is 0.105. The van der Waals surface area contributed by atoms with E-state index in [4.69, 9.17) is 4.74 Å². The molecule has 1 aromatic heterocycles. The van der Waals surface area contributed by atoms with E-state index in [9.17, 15) is 4.79 Å². The maximum atomic E-state index is 12.1. The lowest BCUT2D eigenvalue weighted by Gasteiger charge is -2.39. The number of nitrogens with zero attached hydrogens (tertiary/aromatic N) is 2. The van der Waals surface area contributed by atoms with Gasteiger partial charge in [0.1, 0.15) is 11.9 Å². The average Bonchev–Trinajstić information content (AvgIpc) is 2.50. The van der Waals surface area contributed by atoms with Crippen molar-refractivity contribution in [3.8, 4) is 5.75 Å². The van der Waals surface area contributed by atoms with E-state index in [1.807, 2.05) is 35.2 Å². The number of benzene rings is 1. The first kappa shape index (κ1) is 13.6. The number of carbonyl (C=O) groups is 1. The van der Waals surface area contributed by atoms with E-state index in [1.165, 1.54) is 5.56 Å². The molecule has 1 aromatic carbocycles. The van der Waals surface area contributed by atoms with Crippen LogP contribution >= 0.6 is 0 Å². The summed E-state index contributed by atoms with van der Waals surface area (Å²) in [5.74, 6) is 1.01. The van der Waals surface area contributed by atoms with Crippen LogP contribution in [0.15, 0.2) is 54.9 Å². The summed E-state index contributed by atoms with van der Waals surface area (Å²) in [7, 11) is 0. The molecule has 0 bridgehead atoms. The minimum Gasteiger partial charge on any atom is -0.487 e. The second-order valence-corrected chi connectivity index (χ2v) is 5.21. The Labute approximate surface area is 124 Å². The van der Waals surface area contributed by atoms with Crippen LogP contribution in [0, 0.1) is 0 Å². The third-order valence-corrected chi connectivity index (χ3v) is 3.62. The highest BCUT2D eigenvalue weighted by atomic mass is 16.5. The van der Waals surface area contributed by atoms with E-state index < -0.39 is 0 Å². The van der Waals surface area contributed by atoms with E-state index in [0.29, 0.717) is 19.5 Å². The van der Waals surface area contributed by atoms with Crippen molar-refractivity contribution in [1.29, 1.82) is 0 Å². The number of aromatic nitrogens is 1. The maximum Gasteiger partial charge on any atom is 0.223 e. The van der Waals surface area contributed by atoms with E-state index >= 15 is 0 Å². The van der Waals surface area contributed by atoms with Crippen LogP contribution in [0.2, 0.25) is 0 Å². The summed E-state index contributed by atoms with van der Waals surface area (Å²) in [4.78, 5) is 17.9. The predicted octanol–water partition coefficient (Wildman–Crippen LogP) is 2.30. The molecule has 0 radical (unpaired) electrons. The first-order chi connectivity index (χ1) is 10.3. The van der Waals surface area contributed by atoms with Gasteiger partial charge in [-0.05, 0) is 24.1 Å². The Morgan fingerprint density at radius 3 is 2.57 bits per heavy atom. The second-order valence-electron chi connectivity index (χ2n) is 5.21. The maximum absolute atomic E-state index is 12.1. The van der Waals surface area contributed by atoms with E-state index in [0.717, 1.165) is 12.2 Å². The molecule has 1 fully saturated rings. The van der Waals surface area contributed by atoms with Crippen molar-refractivity contribution in [3.05, 3.63) is 60.4 Å². The Bertz CT molecular complexity index is 580. The third kappa shape index (κ3) is 3.60. The van der Waals surface area contributed by atoms with E-state index in [2.05, 4.69) is 17.1 Å². The summed E-state index contributed by atoms with van der Waals surface area (Å²) in [5, 5.41) is 0. The topological polar surface area (TPSA) is 42.4 Å². The quantitative estimate of drug-likeness (QED) is 0.845. The molecule has 0 spiro atoms. The number of hydrogen-bond donors (Lipinski definition) is 0. The number of ether oxygens (including phenoxy) is 1. The zero-order chi connectivity index (χ0) is 14.5. The summed E-state index contributed by atoms with van der Waals surface area (Å²) < 4.78 is 5.76. The summed E-state index contributed by atoms with van der Waals surface area (Å²) in [5.41, 5.74) is 1.20. The molecule has 0 N–H and O–H groups in total. The molecule has 3 rings (SSSR count). The van der Waals surface area contributed by atoms with E-state index in [-0.39, 0.29) is 12.0 Å². The number of aryl methyl sites for hydroxylation is 1. The molecule has 0 atom stereocenters.